The molecule has 0 radical (unpaired) electrons. The van der Waals surface area contributed by atoms with Gasteiger partial charge in [-0.25, -0.2) is 4.84 Å². The van der Waals surface area contributed by atoms with Crippen LogP contribution in [0.25, 0.3) is 0 Å². The lowest BCUT2D eigenvalue weighted by molar-refractivity contribution is 0.220. The van der Waals surface area contributed by atoms with Crippen LogP contribution in [0.5, 0.6) is 0 Å². The van der Waals surface area contributed by atoms with Crippen LogP contribution < -0.4 is 4.84 Å². The van der Waals surface area contributed by atoms with E-state index in [9.17, 15) is 0 Å². The van der Waals surface area contributed by atoms with Crippen LogP contribution in [0, 0.1) is 5.41 Å². The number of hydrogen-bond donors (Lipinski definition) is 1. The Hall–Kier alpha value is 0.250. The number of hydrogen-bond acceptors (Lipinski definition) is 1. The lowest BCUT2D eigenvalue weighted by Crippen LogP contribution is -2.29. The summed E-state index contributed by atoms with van der Waals surface area (Å²) < 4.78 is 0. The molecule has 1 saturated carbocycles. The minimum absolute atomic E-state index is 0.486. The van der Waals surface area contributed by atoms with Gasteiger partial charge in [0.25, 0.3) is 0 Å². The topological polar surface area (TPSA) is 12.0 Å². The van der Waals surface area contributed by atoms with Crippen LogP contribution in [-0.2, 0) is 0 Å². The van der Waals surface area contributed by atoms with E-state index < -0.39 is 0 Å². The zero-order valence-corrected chi connectivity index (χ0v) is 7.38. The maximum atomic E-state index is 5.47. The normalized spacial score (nSPS) is 24.6. The van der Waals surface area contributed by atoms with Crippen LogP contribution in [0.3, 0.4) is 0 Å². The van der Waals surface area contributed by atoms with Crippen LogP contribution in [-0.4, -0.2) is 6.54 Å². The average molecular weight is 162 g/mol. The summed E-state index contributed by atoms with van der Waals surface area (Å²) in [6, 6.07) is 0. The number of nitrogens with one attached hydrogen (secondary N) is 1. The Kier molecular flexibility index (Phi) is 2.99. The van der Waals surface area contributed by atoms with Crippen LogP contribution in [0.4, 0.5) is 0 Å². The summed E-state index contributed by atoms with van der Waals surface area (Å²) in [5.74, 6) is 0. The fraction of sp³-hybridized carbons (Fsp3) is 1.00. The van der Waals surface area contributed by atoms with E-state index in [-0.39, 0.29) is 0 Å². The van der Waals surface area contributed by atoms with E-state index in [0.29, 0.717) is 5.41 Å². The predicted octanol–water partition coefficient (Wildman–Crippen LogP) is 2.70. The van der Waals surface area contributed by atoms with Crippen molar-refractivity contribution in [1.29, 1.82) is 0 Å². The first kappa shape index (κ1) is 8.35. The summed E-state index contributed by atoms with van der Waals surface area (Å²) in [6.07, 6.45) is 6.86. The molecule has 1 aliphatic rings. The summed E-state index contributed by atoms with van der Waals surface area (Å²) in [7, 11) is 0. The van der Waals surface area contributed by atoms with Crippen molar-refractivity contribution in [3.8, 4) is 0 Å². The third-order valence-corrected chi connectivity index (χ3v) is 2.69. The SMILES string of the molecule is CC1(CNCl)CCCCC1. The van der Waals surface area contributed by atoms with Gasteiger partial charge in [0.1, 0.15) is 0 Å². The molecule has 10 heavy (non-hydrogen) atoms. The first-order valence-electron chi connectivity index (χ1n) is 4.10. The number of halogens is 1. The van der Waals surface area contributed by atoms with Gasteiger partial charge in [0, 0.05) is 6.54 Å². The van der Waals surface area contributed by atoms with Gasteiger partial charge in [-0.3, -0.25) is 0 Å². The van der Waals surface area contributed by atoms with Crippen molar-refractivity contribution in [3.63, 3.8) is 0 Å². The van der Waals surface area contributed by atoms with Gasteiger partial charge in [0.05, 0.1) is 0 Å². The molecule has 0 aromatic rings. The molecule has 0 aromatic heterocycles. The van der Waals surface area contributed by atoms with Gasteiger partial charge in [0.2, 0.25) is 0 Å². The molecule has 1 N–H and O–H groups in total. The van der Waals surface area contributed by atoms with E-state index in [1.54, 1.807) is 0 Å². The Morgan fingerprint density at radius 2 is 1.90 bits per heavy atom. The highest BCUT2D eigenvalue weighted by molar-refractivity contribution is 6.13. The minimum atomic E-state index is 0.486. The van der Waals surface area contributed by atoms with Crippen molar-refractivity contribution in [1.82, 2.24) is 4.84 Å². The Bertz CT molecular complexity index is 91.9. The maximum absolute atomic E-state index is 5.47. The van der Waals surface area contributed by atoms with Gasteiger partial charge >= 0.3 is 0 Å². The highest BCUT2D eigenvalue weighted by Gasteiger charge is 2.25. The monoisotopic (exact) mass is 161 g/mol. The maximum Gasteiger partial charge on any atom is 0.0162 e. The van der Waals surface area contributed by atoms with Crippen LogP contribution in [0.2, 0.25) is 0 Å². The van der Waals surface area contributed by atoms with Crippen LogP contribution in [0.15, 0.2) is 0 Å². The molecule has 1 rings (SSSR count). The van der Waals surface area contributed by atoms with Crippen LogP contribution in [0.1, 0.15) is 39.0 Å². The second-order valence-electron chi connectivity index (χ2n) is 3.68. The summed E-state index contributed by atoms with van der Waals surface area (Å²) >= 11 is 5.47. The average Bonchev–Trinajstić information content (AvgIpc) is 1.89. The molecule has 0 heterocycles. The Labute approximate surface area is 68.3 Å². The van der Waals surface area contributed by atoms with Crippen molar-refractivity contribution < 1.29 is 0 Å². The first-order valence-corrected chi connectivity index (χ1v) is 4.48. The Balaban J connectivity index is 2.32. The van der Waals surface area contributed by atoms with E-state index >= 15 is 0 Å². The van der Waals surface area contributed by atoms with Crippen molar-refractivity contribution in [2.24, 2.45) is 5.41 Å². The van der Waals surface area contributed by atoms with Crippen molar-refractivity contribution in [2.45, 2.75) is 39.0 Å². The van der Waals surface area contributed by atoms with Crippen LogP contribution >= 0.6 is 11.8 Å². The fourth-order valence-corrected chi connectivity index (χ4v) is 2.07. The molecule has 2 heteroatoms. The van der Waals surface area contributed by atoms with E-state index in [1.165, 1.54) is 32.1 Å². The zero-order valence-electron chi connectivity index (χ0n) is 6.62. The summed E-state index contributed by atoms with van der Waals surface area (Å²) in [5, 5.41) is 0. The van der Waals surface area contributed by atoms with Gasteiger partial charge in [-0.05, 0) is 30.0 Å². The van der Waals surface area contributed by atoms with E-state index in [4.69, 9.17) is 11.8 Å². The third-order valence-electron chi connectivity index (χ3n) is 2.55. The summed E-state index contributed by atoms with van der Waals surface area (Å²) in [4.78, 5) is 2.75. The zero-order chi connectivity index (χ0) is 7.45. The molecule has 1 nitrogen and oxygen atoms in total. The molecule has 1 aliphatic carbocycles. The minimum Gasteiger partial charge on any atom is -0.233 e. The highest BCUT2D eigenvalue weighted by Crippen LogP contribution is 2.34. The third kappa shape index (κ3) is 2.14. The quantitative estimate of drug-likeness (QED) is 0.615. The van der Waals surface area contributed by atoms with Gasteiger partial charge in [-0.2, -0.15) is 0 Å². The fourth-order valence-electron chi connectivity index (χ4n) is 1.74. The molecule has 0 atom stereocenters. The van der Waals surface area contributed by atoms with Gasteiger partial charge in [-0.1, -0.05) is 26.2 Å². The van der Waals surface area contributed by atoms with E-state index in [2.05, 4.69) is 11.8 Å². The van der Waals surface area contributed by atoms with E-state index in [1.807, 2.05) is 0 Å². The van der Waals surface area contributed by atoms with Gasteiger partial charge < -0.3 is 0 Å². The summed E-state index contributed by atoms with van der Waals surface area (Å²) in [6.45, 7) is 3.29. The van der Waals surface area contributed by atoms with Gasteiger partial charge in [0.15, 0.2) is 0 Å². The smallest absolute Gasteiger partial charge is 0.0162 e. The molecule has 0 bridgehead atoms. The molecule has 0 spiro atoms. The summed E-state index contributed by atoms with van der Waals surface area (Å²) in [5.41, 5.74) is 0.486. The second-order valence-corrected chi connectivity index (χ2v) is 3.95. The lowest BCUT2D eigenvalue weighted by atomic mass is 9.76. The molecule has 0 amide bonds. The largest absolute Gasteiger partial charge is 0.233 e. The highest BCUT2D eigenvalue weighted by atomic mass is 35.5. The Morgan fingerprint density at radius 3 is 2.40 bits per heavy atom. The first-order chi connectivity index (χ1) is 4.77. The number of rotatable bonds is 2. The predicted molar refractivity (Wildman–Crippen MR) is 45.0 cm³/mol. The molecule has 0 aromatic carbocycles. The molecule has 1 fully saturated rings. The van der Waals surface area contributed by atoms with Crippen molar-refractivity contribution >= 4 is 11.8 Å². The second kappa shape index (κ2) is 3.59. The van der Waals surface area contributed by atoms with E-state index in [0.717, 1.165) is 6.54 Å². The molecule has 60 valence electrons. The molecule has 0 unspecified atom stereocenters. The molecule has 0 saturated heterocycles. The molecular formula is C8H16ClN. The molecular weight excluding hydrogens is 146 g/mol. The van der Waals surface area contributed by atoms with Gasteiger partial charge in [-0.15, -0.1) is 0 Å². The van der Waals surface area contributed by atoms with Crippen molar-refractivity contribution in [2.75, 3.05) is 6.54 Å². The van der Waals surface area contributed by atoms with Crippen molar-refractivity contribution in [3.05, 3.63) is 0 Å². The Morgan fingerprint density at radius 1 is 1.30 bits per heavy atom. The molecule has 0 aliphatic heterocycles. The standard InChI is InChI=1S/C8H16ClN/c1-8(7-10-9)5-3-2-4-6-8/h10H,2-7H2,1H3. The lowest BCUT2D eigenvalue weighted by Gasteiger charge is -2.32.